The Bertz CT molecular complexity index is 1230. The van der Waals surface area contributed by atoms with E-state index in [4.69, 9.17) is 0 Å². The van der Waals surface area contributed by atoms with Crippen molar-refractivity contribution >= 4 is 21.8 Å². The number of hydrogen-bond donors (Lipinski definition) is 1. The number of alkyl halides is 3. The van der Waals surface area contributed by atoms with E-state index in [1.807, 2.05) is 54.4 Å². The first-order valence-electron chi connectivity index (χ1n) is 10.9. The van der Waals surface area contributed by atoms with E-state index in [0.29, 0.717) is 24.3 Å². The molecular formula is C26H27F3N2O3S. The number of likely N-dealkylation sites (N-methyl/N-ethyl adjacent to an activating group) is 1. The molecular weight excluding hydrogens is 477 g/mol. The van der Waals surface area contributed by atoms with Crippen molar-refractivity contribution in [2.75, 3.05) is 31.0 Å². The summed E-state index contributed by atoms with van der Waals surface area (Å²) in [6.45, 7) is 0.330. The second-order valence-corrected chi connectivity index (χ2v) is 9.82. The maximum absolute atomic E-state index is 13.4. The topological polar surface area (TPSA) is 60.9 Å². The molecule has 0 aliphatic rings. The second-order valence-electron chi connectivity index (χ2n) is 7.96. The molecule has 0 radical (unpaired) electrons. The van der Waals surface area contributed by atoms with Gasteiger partial charge in [0.25, 0.3) is 10.0 Å². The van der Waals surface area contributed by atoms with Gasteiger partial charge in [0.05, 0.1) is 29.3 Å². The first-order chi connectivity index (χ1) is 16.6. The van der Waals surface area contributed by atoms with Crippen LogP contribution >= 0.6 is 0 Å². The molecule has 1 N–H and O–H groups in total. The van der Waals surface area contributed by atoms with E-state index in [1.165, 1.54) is 0 Å². The molecule has 3 rings (SSSR count). The Morgan fingerprint density at radius 1 is 0.914 bits per heavy atom. The molecule has 0 spiro atoms. The van der Waals surface area contributed by atoms with Crippen LogP contribution in [0.5, 0.6) is 0 Å². The van der Waals surface area contributed by atoms with Gasteiger partial charge in [-0.1, -0.05) is 60.7 Å². The van der Waals surface area contributed by atoms with Crippen molar-refractivity contribution in [1.29, 1.82) is 0 Å². The average Bonchev–Trinajstić information content (AvgIpc) is 2.83. The van der Waals surface area contributed by atoms with Crippen LogP contribution < -0.4 is 4.31 Å². The second kappa shape index (κ2) is 11.5. The molecule has 3 aromatic carbocycles. The Morgan fingerprint density at radius 2 is 1.54 bits per heavy atom. The summed E-state index contributed by atoms with van der Waals surface area (Å²) in [5.41, 5.74) is 1.20. The number of aliphatic hydroxyl groups excluding tert-OH is 1. The van der Waals surface area contributed by atoms with E-state index in [-0.39, 0.29) is 11.4 Å². The van der Waals surface area contributed by atoms with E-state index in [1.54, 1.807) is 24.3 Å². The van der Waals surface area contributed by atoms with Crippen LogP contribution in [0.4, 0.5) is 18.9 Å². The predicted octanol–water partition coefficient (Wildman–Crippen LogP) is 5.04. The molecule has 9 heteroatoms. The van der Waals surface area contributed by atoms with E-state index >= 15 is 0 Å². The summed E-state index contributed by atoms with van der Waals surface area (Å²) in [7, 11) is -2.32. The van der Waals surface area contributed by atoms with Crippen molar-refractivity contribution in [2.24, 2.45) is 0 Å². The summed E-state index contributed by atoms with van der Waals surface area (Å²) in [6, 6.07) is 20.1. The normalized spacial score (nSPS) is 12.4. The highest BCUT2D eigenvalue weighted by Gasteiger charge is 2.32. The molecule has 0 heterocycles. The Morgan fingerprint density at radius 3 is 2.17 bits per heavy atom. The van der Waals surface area contributed by atoms with Gasteiger partial charge in [0, 0.05) is 13.1 Å². The molecule has 0 atom stereocenters. The van der Waals surface area contributed by atoms with Gasteiger partial charge in [0.1, 0.15) is 0 Å². The molecule has 0 aromatic heterocycles. The zero-order valence-corrected chi connectivity index (χ0v) is 20.0. The fourth-order valence-corrected chi connectivity index (χ4v) is 5.07. The Labute approximate surface area is 203 Å². The molecule has 0 aliphatic carbocycles. The molecule has 5 nitrogen and oxygen atoms in total. The number of anilines is 1. The minimum atomic E-state index is -4.57. The molecule has 0 unspecified atom stereocenters. The predicted molar refractivity (Wildman–Crippen MR) is 131 cm³/mol. The third-order valence-electron chi connectivity index (χ3n) is 5.30. The molecule has 35 heavy (non-hydrogen) atoms. The van der Waals surface area contributed by atoms with Crippen molar-refractivity contribution in [3.63, 3.8) is 0 Å². The first-order valence-corrected chi connectivity index (χ1v) is 12.4. The zero-order valence-electron chi connectivity index (χ0n) is 19.2. The smallest absolute Gasteiger partial charge is 0.394 e. The minimum Gasteiger partial charge on any atom is -0.394 e. The maximum Gasteiger partial charge on any atom is 0.416 e. The SMILES string of the molecule is CN(C/C=C/c1ccccc1)Cc1ccccc1N(CCO)S(=O)(=O)c1ccc(C(F)(F)F)cc1. The molecule has 0 saturated heterocycles. The lowest BCUT2D eigenvalue weighted by Crippen LogP contribution is -2.35. The zero-order chi connectivity index (χ0) is 25.5. The Kier molecular flexibility index (Phi) is 8.71. The lowest BCUT2D eigenvalue weighted by molar-refractivity contribution is -0.137. The number of aliphatic hydroxyl groups is 1. The summed E-state index contributed by atoms with van der Waals surface area (Å²) in [5.74, 6) is 0. The lowest BCUT2D eigenvalue weighted by atomic mass is 10.1. The van der Waals surface area contributed by atoms with Gasteiger partial charge in [-0.05, 0) is 48.5 Å². The van der Waals surface area contributed by atoms with Crippen LogP contribution in [0.3, 0.4) is 0 Å². The van der Waals surface area contributed by atoms with E-state index in [0.717, 1.165) is 34.1 Å². The van der Waals surface area contributed by atoms with Gasteiger partial charge < -0.3 is 5.11 Å². The number of hydrogen-bond acceptors (Lipinski definition) is 4. The van der Waals surface area contributed by atoms with Crippen molar-refractivity contribution in [1.82, 2.24) is 4.90 Å². The van der Waals surface area contributed by atoms with Crippen LogP contribution in [-0.4, -0.2) is 45.2 Å². The minimum absolute atomic E-state index is 0.238. The number of rotatable bonds is 10. The van der Waals surface area contributed by atoms with E-state index in [9.17, 15) is 26.7 Å². The highest BCUT2D eigenvalue weighted by atomic mass is 32.2. The monoisotopic (exact) mass is 504 g/mol. The molecule has 0 bridgehead atoms. The average molecular weight is 505 g/mol. The van der Waals surface area contributed by atoms with Gasteiger partial charge in [-0.15, -0.1) is 0 Å². The van der Waals surface area contributed by atoms with Crippen molar-refractivity contribution in [2.45, 2.75) is 17.6 Å². The van der Waals surface area contributed by atoms with Crippen LogP contribution in [0.15, 0.2) is 89.8 Å². The number of halogens is 3. The van der Waals surface area contributed by atoms with E-state index in [2.05, 4.69) is 0 Å². The van der Waals surface area contributed by atoms with E-state index < -0.39 is 28.4 Å². The van der Waals surface area contributed by atoms with Gasteiger partial charge in [0.2, 0.25) is 0 Å². The van der Waals surface area contributed by atoms with Crippen molar-refractivity contribution in [3.05, 3.63) is 102 Å². The summed E-state index contributed by atoms with van der Waals surface area (Å²) < 4.78 is 66.5. The quantitative estimate of drug-likeness (QED) is 0.420. The molecule has 0 amide bonds. The standard InChI is InChI=1S/C26H27F3N2O3S/c1-30(17-7-10-21-8-3-2-4-9-21)20-22-11-5-6-12-25(22)31(18-19-32)35(33,34)24-15-13-23(14-16-24)26(27,28)29/h2-16,32H,17-20H2,1H3/b10-7+. The number of nitrogens with zero attached hydrogens (tertiary/aromatic N) is 2. The van der Waals surface area contributed by atoms with Crippen molar-refractivity contribution < 1.29 is 26.7 Å². The Balaban J connectivity index is 1.84. The molecule has 3 aromatic rings. The highest BCUT2D eigenvalue weighted by molar-refractivity contribution is 7.92. The Hall–Kier alpha value is -3.14. The number of para-hydroxylation sites is 1. The maximum atomic E-state index is 13.4. The van der Waals surface area contributed by atoms with Crippen LogP contribution in [-0.2, 0) is 22.7 Å². The van der Waals surface area contributed by atoms with Crippen molar-refractivity contribution in [3.8, 4) is 0 Å². The summed E-state index contributed by atoms with van der Waals surface area (Å²) >= 11 is 0. The largest absolute Gasteiger partial charge is 0.416 e. The van der Waals surface area contributed by atoms with Gasteiger partial charge in [-0.2, -0.15) is 13.2 Å². The lowest BCUT2D eigenvalue weighted by Gasteiger charge is -2.27. The first kappa shape index (κ1) is 26.5. The van der Waals surface area contributed by atoms with Gasteiger partial charge in [0.15, 0.2) is 0 Å². The molecule has 186 valence electrons. The van der Waals surface area contributed by atoms with Gasteiger partial charge in [-0.3, -0.25) is 9.21 Å². The summed E-state index contributed by atoms with van der Waals surface area (Å²) in [5, 5.41) is 9.58. The van der Waals surface area contributed by atoms with Gasteiger partial charge >= 0.3 is 6.18 Å². The van der Waals surface area contributed by atoms with Crippen LogP contribution in [0.25, 0.3) is 6.08 Å². The van der Waals surface area contributed by atoms with Crippen LogP contribution in [0.2, 0.25) is 0 Å². The third kappa shape index (κ3) is 6.94. The van der Waals surface area contributed by atoms with Crippen LogP contribution in [0, 0.1) is 0 Å². The molecule has 0 aliphatic heterocycles. The number of sulfonamides is 1. The highest BCUT2D eigenvalue weighted by Crippen LogP contribution is 2.32. The fraction of sp³-hybridized carbons (Fsp3) is 0.231. The third-order valence-corrected chi connectivity index (χ3v) is 7.13. The summed E-state index contributed by atoms with van der Waals surface area (Å²) in [6.07, 6.45) is -0.572. The fourth-order valence-electron chi connectivity index (χ4n) is 3.58. The van der Waals surface area contributed by atoms with Gasteiger partial charge in [-0.25, -0.2) is 8.42 Å². The number of benzene rings is 3. The molecule has 0 saturated carbocycles. The molecule has 0 fully saturated rings. The van der Waals surface area contributed by atoms with Crippen LogP contribution in [0.1, 0.15) is 16.7 Å². The summed E-state index contributed by atoms with van der Waals surface area (Å²) in [4.78, 5) is 1.72.